The Balaban J connectivity index is 2.34. The van der Waals surface area contributed by atoms with Crippen molar-refractivity contribution in [1.29, 1.82) is 0 Å². The summed E-state index contributed by atoms with van der Waals surface area (Å²) >= 11 is 0. The Morgan fingerprint density at radius 3 is 3.00 bits per heavy atom. The van der Waals surface area contributed by atoms with Crippen molar-refractivity contribution in [3.8, 4) is 0 Å². The first-order valence-corrected chi connectivity index (χ1v) is 6.01. The van der Waals surface area contributed by atoms with E-state index in [0.717, 1.165) is 44.8 Å². The fourth-order valence-corrected chi connectivity index (χ4v) is 1.70. The van der Waals surface area contributed by atoms with E-state index in [1.807, 2.05) is 6.92 Å². The Kier molecular flexibility index (Phi) is 6.11. The van der Waals surface area contributed by atoms with Crippen molar-refractivity contribution < 1.29 is 4.74 Å². The molecule has 92 valence electrons. The third-order valence-electron chi connectivity index (χ3n) is 2.43. The summed E-state index contributed by atoms with van der Waals surface area (Å²) in [6.45, 7) is 7.92. The highest BCUT2D eigenvalue weighted by Gasteiger charge is 2.03. The van der Waals surface area contributed by atoms with Crippen LogP contribution in [0.25, 0.3) is 0 Å². The van der Waals surface area contributed by atoms with Gasteiger partial charge >= 0.3 is 0 Å². The Bertz CT molecular complexity index is 296. The second-order valence-electron chi connectivity index (χ2n) is 4.02. The average molecular weight is 225 g/mol. The highest BCUT2D eigenvalue weighted by molar-refractivity contribution is 5.08. The van der Waals surface area contributed by atoms with Gasteiger partial charge < -0.3 is 10.1 Å². The van der Waals surface area contributed by atoms with Crippen molar-refractivity contribution in [2.45, 2.75) is 39.8 Å². The molecule has 0 aliphatic carbocycles. The summed E-state index contributed by atoms with van der Waals surface area (Å²) < 4.78 is 7.10. The molecule has 4 heteroatoms. The van der Waals surface area contributed by atoms with Crippen molar-refractivity contribution in [3.63, 3.8) is 0 Å². The summed E-state index contributed by atoms with van der Waals surface area (Å²) in [4.78, 5) is 0. The van der Waals surface area contributed by atoms with E-state index in [-0.39, 0.29) is 0 Å². The molecular weight excluding hydrogens is 202 g/mol. The molecular formula is C12H23N3O. The largest absolute Gasteiger partial charge is 0.385 e. The second-order valence-corrected chi connectivity index (χ2v) is 4.02. The maximum Gasteiger partial charge on any atom is 0.0597 e. The van der Waals surface area contributed by atoms with Crippen molar-refractivity contribution in [2.24, 2.45) is 0 Å². The molecule has 0 spiro atoms. The van der Waals surface area contributed by atoms with Crippen molar-refractivity contribution in [3.05, 3.63) is 17.5 Å². The zero-order chi connectivity index (χ0) is 11.8. The number of nitrogens with zero attached hydrogens (tertiary/aromatic N) is 2. The van der Waals surface area contributed by atoms with Crippen LogP contribution in [0.1, 0.15) is 31.2 Å². The number of aryl methyl sites for hydroxylation is 2. The number of ether oxygens (including phenoxy) is 1. The van der Waals surface area contributed by atoms with Gasteiger partial charge in [-0.05, 0) is 32.4 Å². The van der Waals surface area contributed by atoms with Gasteiger partial charge in [-0.25, -0.2) is 0 Å². The van der Waals surface area contributed by atoms with Gasteiger partial charge in [0.25, 0.3) is 0 Å². The van der Waals surface area contributed by atoms with E-state index in [1.54, 1.807) is 7.11 Å². The van der Waals surface area contributed by atoms with Gasteiger partial charge in [-0.3, -0.25) is 4.68 Å². The minimum Gasteiger partial charge on any atom is -0.385 e. The minimum absolute atomic E-state index is 0.820. The number of rotatable bonds is 8. The van der Waals surface area contributed by atoms with E-state index in [4.69, 9.17) is 4.74 Å². The molecule has 0 unspecified atom stereocenters. The standard InChI is InChI=1S/C12H23N3O/c1-4-7-15-12(9-11(2)14-15)10-13-6-5-8-16-3/h9,13H,4-8,10H2,1-3H3. The van der Waals surface area contributed by atoms with Gasteiger partial charge in [-0.2, -0.15) is 5.10 Å². The van der Waals surface area contributed by atoms with Crippen molar-refractivity contribution >= 4 is 0 Å². The van der Waals surface area contributed by atoms with E-state index >= 15 is 0 Å². The fraction of sp³-hybridized carbons (Fsp3) is 0.750. The topological polar surface area (TPSA) is 39.1 Å². The van der Waals surface area contributed by atoms with Crippen LogP contribution in [0, 0.1) is 6.92 Å². The Hall–Kier alpha value is -0.870. The van der Waals surface area contributed by atoms with Crippen LogP contribution in [0.4, 0.5) is 0 Å². The molecule has 0 radical (unpaired) electrons. The van der Waals surface area contributed by atoms with Gasteiger partial charge in [0, 0.05) is 26.8 Å². The molecule has 0 bridgehead atoms. The molecule has 4 nitrogen and oxygen atoms in total. The molecule has 0 aliphatic rings. The highest BCUT2D eigenvalue weighted by Crippen LogP contribution is 2.04. The lowest BCUT2D eigenvalue weighted by molar-refractivity contribution is 0.194. The third kappa shape index (κ3) is 4.33. The van der Waals surface area contributed by atoms with Crippen LogP contribution >= 0.6 is 0 Å². The summed E-state index contributed by atoms with van der Waals surface area (Å²) in [5, 5.41) is 7.88. The Morgan fingerprint density at radius 2 is 2.31 bits per heavy atom. The average Bonchev–Trinajstić information content (AvgIpc) is 2.59. The number of methoxy groups -OCH3 is 1. The lowest BCUT2D eigenvalue weighted by Crippen LogP contribution is -2.19. The molecule has 0 aliphatic heterocycles. The van der Waals surface area contributed by atoms with Gasteiger partial charge in [0.2, 0.25) is 0 Å². The molecule has 0 fully saturated rings. The van der Waals surface area contributed by atoms with Crippen LogP contribution in [0.5, 0.6) is 0 Å². The maximum absolute atomic E-state index is 5.00. The summed E-state index contributed by atoms with van der Waals surface area (Å²) in [5.74, 6) is 0. The van der Waals surface area contributed by atoms with Gasteiger partial charge in [0.05, 0.1) is 11.4 Å². The molecule has 0 atom stereocenters. The van der Waals surface area contributed by atoms with Crippen LogP contribution in [0.3, 0.4) is 0 Å². The van der Waals surface area contributed by atoms with E-state index in [1.165, 1.54) is 5.69 Å². The van der Waals surface area contributed by atoms with E-state index in [0.29, 0.717) is 0 Å². The molecule has 1 heterocycles. The smallest absolute Gasteiger partial charge is 0.0597 e. The summed E-state index contributed by atoms with van der Waals surface area (Å²) in [5.41, 5.74) is 2.37. The number of aromatic nitrogens is 2. The van der Waals surface area contributed by atoms with Crippen LogP contribution < -0.4 is 5.32 Å². The highest BCUT2D eigenvalue weighted by atomic mass is 16.5. The Labute approximate surface area is 98.0 Å². The molecule has 0 saturated carbocycles. The quantitative estimate of drug-likeness (QED) is 0.685. The maximum atomic E-state index is 5.00. The molecule has 0 saturated heterocycles. The molecule has 0 amide bonds. The first-order chi connectivity index (χ1) is 7.77. The third-order valence-corrected chi connectivity index (χ3v) is 2.43. The number of hydrogen-bond donors (Lipinski definition) is 1. The lowest BCUT2D eigenvalue weighted by atomic mass is 10.3. The van der Waals surface area contributed by atoms with Gasteiger partial charge in [-0.15, -0.1) is 0 Å². The van der Waals surface area contributed by atoms with Gasteiger partial charge in [-0.1, -0.05) is 6.92 Å². The zero-order valence-corrected chi connectivity index (χ0v) is 10.6. The monoisotopic (exact) mass is 225 g/mol. The predicted octanol–water partition coefficient (Wildman–Crippen LogP) is 1.73. The first kappa shape index (κ1) is 13.2. The van der Waals surface area contributed by atoms with Crippen LogP contribution in [0.2, 0.25) is 0 Å². The van der Waals surface area contributed by atoms with Crippen molar-refractivity contribution in [1.82, 2.24) is 15.1 Å². The van der Waals surface area contributed by atoms with E-state index in [9.17, 15) is 0 Å². The fourth-order valence-electron chi connectivity index (χ4n) is 1.70. The number of hydrogen-bond acceptors (Lipinski definition) is 3. The lowest BCUT2D eigenvalue weighted by Gasteiger charge is -2.07. The first-order valence-electron chi connectivity index (χ1n) is 6.01. The SMILES string of the molecule is CCCn1nc(C)cc1CNCCCOC. The summed E-state index contributed by atoms with van der Waals surface area (Å²) in [7, 11) is 1.74. The molecule has 1 N–H and O–H groups in total. The van der Waals surface area contributed by atoms with Crippen LogP contribution in [0.15, 0.2) is 6.07 Å². The number of nitrogens with one attached hydrogen (secondary N) is 1. The Morgan fingerprint density at radius 1 is 1.50 bits per heavy atom. The van der Waals surface area contributed by atoms with Gasteiger partial charge in [0.1, 0.15) is 0 Å². The molecule has 1 aromatic rings. The van der Waals surface area contributed by atoms with Crippen molar-refractivity contribution in [2.75, 3.05) is 20.3 Å². The van der Waals surface area contributed by atoms with Crippen LogP contribution in [-0.2, 0) is 17.8 Å². The zero-order valence-electron chi connectivity index (χ0n) is 10.6. The summed E-state index contributed by atoms with van der Waals surface area (Å²) in [6.07, 6.45) is 2.18. The normalized spacial score (nSPS) is 10.9. The molecule has 1 aromatic heterocycles. The van der Waals surface area contributed by atoms with E-state index < -0.39 is 0 Å². The van der Waals surface area contributed by atoms with Gasteiger partial charge in [0.15, 0.2) is 0 Å². The molecule has 16 heavy (non-hydrogen) atoms. The molecule has 1 rings (SSSR count). The van der Waals surface area contributed by atoms with Crippen LogP contribution in [-0.4, -0.2) is 30.0 Å². The minimum atomic E-state index is 0.820. The van der Waals surface area contributed by atoms with E-state index in [2.05, 4.69) is 28.1 Å². The predicted molar refractivity (Wildman–Crippen MR) is 65.5 cm³/mol. The summed E-state index contributed by atoms with van der Waals surface area (Å²) in [6, 6.07) is 2.15. The second kappa shape index (κ2) is 7.41. The molecule has 0 aromatic carbocycles.